The quantitative estimate of drug-likeness (QED) is 0.0504. The Hall–Kier alpha value is -1.50. The van der Waals surface area contributed by atoms with Crippen molar-refractivity contribution in [1.29, 1.82) is 0 Å². The lowest BCUT2D eigenvalue weighted by molar-refractivity contribution is -0.00614. The third-order valence-corrected chi connectivity index (χ3v) is 26.2. The average Bonchev–Trinajstić information content (AvgIpc) is 4.46. The first-order chi connectivity index (χ1) is 38.8. The molecule has 5 nitrogen and oxygen atoms in total. The highest BCUT2D eigenvalue weighted by molar-refractivity contribution is 5.21. The Morgan fingerprint density at radius 1 is 0.415 bits per heavy atom. The van der Waals surface area contributed by atoms with Crippen molar-refractivity contribution < 1.29 is 25.5 Å². The minimum Gasteiger partial charge on any atom is -0.390 e. The molecule has 0 amide bonds. The van der Waals surface area contributed by atoms with Crippen LogP contribution in [-0.2, 0) is 0 Å². The summed E-state index contributed by atoms with van der Waals surface area (Å²) < 4.78 is 0. The van der Waals surface area contributed by atoms with Crippen molar-refractivity contribution in [3.63, 3.8) is 0 Å². The molecule has 0 aliphatic heterocycles. The summed E-state index contributed by atoms with van der Waals surface area (Å²) in [7, 11) is 0. The molecule has 0 saturated heterocycles. The molecular weight excluding hydrogens is 1000 g/mol. The number of hydrogen-bond donors (Lipinski definition) is 5. The SMILES string of the molecule is CC(C)(O)CCC1CC2C=CC1C2.CC(C)(O)CCC1CC2CC1C1C3C=CC(C3)C21.CC(C)(O)CCCC1(C2CC3C=CC2C3)CCCC1.CC(CC1CC2C=CC1C2)C(C)(C)O.OC1(CCCCC2CC3C=CC2C3)CCCCC1. The Morgan fingerprint density at radius 3 is 1.38 bits per heavy atom. The van der Waals surface area contributed by atoms with Gasteiger partial charge in [0, 0.05) is 0 Å². The first-order valence-corrected chi connectivity index (χ1v) is 35.8. The second kappa shape index (κ2) is 26.3. The van der Waals surface area contributed by atoms with Gasteiger partial charge in [-0.25, -0.2) is 0 Å². The normalized spacial score (nSPS) is 40.4. The van der Waals surface area contributed by atoms with E-state index in [-0.39, 0.29) is 5.60 Å². The summed E-state index contributed by atoms with van der Waals surface area (Å²) in [5, 5.41) is 49.9. The van der Waals surface area contributed by atoms with Crippen LogP contribution < -0.4 is 0 Å². The number of allylic oxidation sites excluding steroid dienone is 10. The van der Waals surface area contributed by atoms with Crippen molar-refractivity contribution >= 4 is 0 Å². The zero-order valence-corrected chi connectivity index (χ0v) is 54.2. The van der Waals surface area contributed by atoms with Gasteiger partial charge in [0.2, 0.25) is 0 Å². The molecule has 9 fully saturated rings. The lowest BCUT2D eigenvalue weighted by Crippen LogP contribution is -2.32. The van der Waals surface area contributed by atoms with Crippen LogP contribution in [0.5, 0.6) is 0 Å². The number of unbranched alkanes of at least 4 members (excludes halogenated alkanes) is 1. The van der Waals surface area contributed by atoms with Crippen molar-refractivity contribution in [3.8, 4) is 0 Å². The van der Waals surface area contributed by atoms with Gasteiger partial charge >= 0.3 is 0 Å². The van der Waals surface area contributed by atoms with Gasteiger partial charge in [-0.1, -0.05) is 119 Å². The molecule has 0 radical (unpaired) electrons. The molecule has 82 heavy (non-hydrogen) atoms. The average molecular weight is 1130 g/mol. The predicted octanol–water partition coefficient (Wildman–Crippen LogP) is 18.5. The Kier molecular flexibility index (Phi) is 20.4. The fourth-order valence-electron chi connectivity index (χ4n) is 21.5. The molecule has 5 N–H and O–H groups in total. The van der Waals surface area contributed by atoms with Gasteiger partial charge in [0.15, 0.2) is 0 Å². The van der Waals surface area contributed by atoms with Gasteiger partial charge in [-0.2, -0.15) is 0 Å². The first-order valence-electron chi connectivity index (χ1n) is 35.8. The van der Waals surface area contributed by atoms with Gasteiger partial charge in [-0.3, -0.25) is 0 Å². The van der Waals surface area contributed by atoms with Gasteiger partial charge in [0.05, 0.1) is 28.0 Å². The third-order valence-electron chi connectivity index (χ3n) is 26.2. The van der Waals surface area contributed by atoms with E-state index in [1.54, 1.807) is 0 Å². The maximum atomic E-state index is 10.5. The highest BCUT2D eigenvalue weighted by Gasteiger charge is 2.61. The molecule has 20 atom stereocenters. The molecule has 14 aliphatic carbocycles. The minimum absolute atomic E-state index is 0.285. The van der Waals surface area contributed by atoms with Gasteiger partial charge in [-0.05, 0) is 333 Å². The van der Waals surface area contributed by atoms with Crippen LogP contribution in [0.4, 0.5) is 0 Å². The lowest BCUT2D eigenvalue weighted by Gasteiger charge is -2.40. The van der Waals surface area contributed by atoms with E-state index in [1.165, 1.54) is 167 Å². The molecule has 20 unspecified atom stereocenters. The van der Waals surface area contributed by atoms with Crippen LogP contribution in [0, 0.1) is 124 Å². The molecule has 0 aromatic carbocycles. The molecule has 0 aromatic heterocycles. The maximum absolute atomic E-state index is 10.5. The fourth-order valence-corrected chi connectivity index (χ4v) is 21.5. The standard InChI is InChI=1S/C18H30O.C17H26O.C17H28O.C13H22O.C12H20O/c1-17(2,19)8-5-11-18(9-3-4-10-18)16-13-14-6-7-15(16)12-14;1-17(2,18)6-5-10-7-13-9-14(10)16-12-4-3-11(8-12)15(13)16;18-17(9-3-1-4-10-17)11-5-2-6-15-12-14-7-8-16(15)13-14;1-9(13(2,3)14)6-12-8-10-4-5-11(12)7-10;1-12(2,13)6-5-11-8-9-3-4-10(11)7-9/h6-7,14-16,19H,3-5,8-13H2,1-2H3;3-4,10-16,18H,5-9H2,1-2H3;7-8,14-16,18H,1-6,9-13H2;4-5,9-12,14H,6-8H2,1-3H3;3-4,9-11,13H,5-8H2,1-2H3. The van der Waals surface area contributed by atoms with E-state index in [9.17, 15) is 25.5 Å². The van der Waals surface area contributed by atoms with E-state index in [4.69, 9.17) is 0 Å². The van der Waals surface area contributed by atoms with Crippen molar-refractivity contribution in [2.24, 2.45) is 124 Å². The first kappa shape index (κ1) is 63.5. The monoisotopic (exact) mass is 1130 g/mol. The summed E-state index contributed by atoms with van der Waals surface area (Å²) in [6, 6.07) is 0. The predicted molar refractivity (Wildman–Crippen MR) is 341 cm³/mol. The van der Waals surface area contributed by atoms with E-state index in [1.807, 2.05) is 55.4 Å². The second-order valence-electron chi connectivity index (χ2n) is 34.5. The van der Waals surface area contributed by atoms with Crippen LogP contribution in [0.3, 0.4) is 0 Å². The minimum atomic E-state index is -0.508. The zero-order valence-electron chi connectivity index (χ0n) is 54.2. The van der Waals surface area contributed by atoms with E-state index >= 15 is 0 Å². The molecule has 0 spiro atoms. The number of hydrogen-bond acceptors (Lipinski definition) is 5. The van der Waals surface area contributed by atoms with E-state index in [0.29, 0.717) is 11.3 Å². The van der Waals surface area contributed by atoms with Gasteiger partial charge in [0.1, 0.15) is 0 Å². The van der Waals surface area contributed by atoms with Crippen molar-refractivity contribution in [2.75, 3.05) is 0 Å². The van der Waals surface area contributed by atoms with Crippen molar-refractivity contribution in [1.82, 2.24) is 0 Å². The molecular formula is C77H126O5. The lowest BCUT2D eigenvalue weighted by atomic mass is 9.65. The van der Waals surface area contributed by atoms with Crippen LogP contribution in [0.15, 0.2) is 60.8 Å². The summed E-state index contributed by atoms with van der Waals surface area (Å²) in [5.74, 6) is 18.0. The van der Waals surface area contributed by atoms with Crippen molar-refractivity contribution in [2.45, 2.75) is 296 Å². The molecule has 9 saturated carbocycles. The van der Waals surface area contributed by atoms with Gasteiger partial charge in [0.25, 0.3) is 0 Å². The van der Waals surface area contributed by atoms with Crippen LogP contribution in [-0.4, -0.2) is 53.5 Å². The summed E-state index contributed by atoms with van der Waals surface area (Å²) in [6.45, 7) is 17.7. The summed E-state index contributed by atoms with van der Waals surface area (Å²) in [5.41, 5.74) is -1.57. The topological polar surface area (TPSA) is 101 Å². The Bertz CT molecular complexity index is 2170. The van der Waals surface area contributed by atoms with E-state index < -0.39 is 22.4 Å². The number of rotatable bonds is 19. The van der Waals surface area contributed by atoms with Gasteiger partial charge in [-0.15, -0.1) is 0 Å². The smallest absolute Gasteiger partial charge is 0.0647 e. The van der Waals surface area contributed by atoms with Crippen LogP contribution in [0.1, 0.15) is 268 Å². The molecule has 5 heteroatoms. The number of aliphatic hydroxyl groups is 5. The maximum Gasteiger partial charge on any atom is 0.0647 e. The van der Waals surface area contributed by atoms with Crippen LogP contribution >= 0.6 is 0 Å². The molecule has 14 aliphatic rings. The number of fused-ring (bicyclic) bond motifs is 17. The molecule has 14 rings (SSSR count). The van der Waals surface area contributed by atoms with E-state index in [0.717, 1.165) is 151 Å². The Morgan fingerprint density at radius 2 is 0.890 bits per heavy atom. The molecule has 0 heterocycles. The zero-order chi connectivity index (χ0) is 58.2. The molecule has 0 aromatic rings. The van der Waals surface area contributed by atoms with E-state index in [2.05, 4.69) is 67.7 Å². The molecule has 464 valence electrons. The summed E-state index contributed by atoms with van der Waals surface area (Å²) in [6.07, 6.45) is 66.2. The largest absolute Gasteiger partial charge is 0.390 e. The van der Waals surface area contributed by atoms with Crippen molar-refractivity contribution in [3.05, 3.63) is 60.8 Å². The third kappa shape index (κ3) is 16.2. The van der Waals surface area contributed by atoms with Gasteiger partial charge < -0.3 is 25.5 Å². The molecule has 12 bridgehead atoms. The Balaban J connectivity index is 0.000000116. The highest BCUT2D eigenvalue weighted by Crippen LogP contribution is 2.68. The van der Waals surface area contributed by atoms with Crippen LogP contribution in [0.2, 0.25) is 0 Å². The summed E-state index contributed by atoms with van der Waals surface area (Å²) >= 11 is 0. The highest BCUT2D eigenvalue weighted by atomic mass is 16.3. The Labute approximate surface area is 503 Å². The summed E-state index contributed by atoms with van der Waals surface area (Å²) in [4.78, 5) is 0. The van der Waals surface area contributed by atoms with Crippen LogP contribution in [0.25, 0.3) is 0 Å². The fraction of sp³-hybridized carbons (Fsp3) is 0.870. The second-order valence-corrected chi connectivity index (χ2v) is 34.5.